The largest absolute Gasteiger partial charge is 0.381 e. The van der Waals surface area contributed by atoms with Gasteiger partial charge in [0.05, 0.1) is 0 Å². The second-order valence-electron chi connectivity index (χ2n) is 5.43. The monoisotopic (exact) mass is 256 g/mol. The molecule has 1 N–H and O–H groups in total. The lowest BCUT2D eigenvalue weighted by atomic mass is 9.83. The fraction of sp³-hybridized carbons (Fsp3) is 0.923. The maximum Gasteiger partial charge on any atom is 0.156 e. The molecule has 1 unspecified atom stereocenters. The van der Waals surface area contributed by atoms with E-state index in [9.17, 15) is 0 Å². The molecule has 98 valence electrons. The average Bonchev–Trinajstić information content (AvgIpc) is 2.38. The Balaban J connectivity index is 1.86. The number of rotatable bonds is 3. The first-order valence-electron chi connectivity index (χ1n) is 6.73. The quantitative estimate of drug-likeness (QED) is 0.843. The van der Waals surface area contributed by atoms with Crippen molar-refractivity contribution in [2.75, 3.05) is 25.5 Å². The molecule has 0 aliphatic carbocycles. The van der Waals surface area contributed by atoms with Crippen molar-refractivity contribution in [3.63, 3.8) is 0 Å². The van der Waals surface area contributed by atoms with E-state index in [4.69, 9.17) is 9.73 Å². The SMILES string of the molecule is CCC1CCSC(=NCC2(C)CCOCC2)N1. The van der Waals surface area contributed by atoms with Crippen LogP contribution in [-0.2, 0) is 4.74 Å². The van der Waals surface area contributed by atoms with Crippen LogP contribution in [0.3, 0.4) is 0 Å². The molecule has 0 amide bonds. The van der Waals surface area contributed by atoms with Crippen molar-refractivity contribution < 1.29 is 4.74 Å². The van der Waals surface area contributed by atoms with E-state index in [1.807, 2.05) is 11.8 Å². The molecule has 17 heavy (non-hydrogen) atoms. The molecular weight excluding hydrogens is 232 g/mol. The molecular formula is C13H24N2OS. The van der Waals surface area contributed by atoms with Crippen LogP contribution in [0.2, 0.25) is 0 Å². The lowest BCUT2D eigenvalue weighted by Crippen LogP contribution is -2.38. The Morgan fingerprint density at radius 2 is 2.24 bits per heavy atom. The number of ether oxygens (including phenoxy) is 1. The zero-order valence-corrected chi connectivity index (χ0v) is 11.8. The van der Waals surface area contributed by atoms with Gasteiger partial charge >= 0.3 is 0 Å². The van der Waals surface area contributed by atoms with E-state index in [1.54, 1.807) is 0 Å². The molecule has 2 saturated heterocycles. The highest BCUT2D eigenvalue weighted by Crippen LogP contribution is 2.30. The zero-order valence-electron chi connectivity index (χ0n) is 11.0. The number of nitrogens with one attached hydrogen (secondary N) is 1. The van der Waals surface area contributed by atoms with Gasteiger partial charge in [-0.15, -0.1) is 0 Å². The molecule has 0 spiro atoms. The van der Waals surface area contributed by atoms with Crippen LogP contribution < -0.4 is 5.32 Å². The summed E-state index contributed by atoms with van der Waals surface area (Å²) in [4.78, 5) is 4.79. The molecule has 0 bridgehead atoms. The summed E-state index contributed by atoms with van der Waals surface area (Å²) in [5.74, 6) is 1.21. The normalized spacial score (nSPS) is 31.2. The molecule has 0 aromatic heterocycles. The number of thioether (sulfide) groups is 1. The first-order chi connectivity index (χ1) is 8.22. The van der Waals surface area contributed by atoms with E-state index in [-0.39, 0.29) is 0 Å². The van der Waals surface area contributed by atoms with Gasteiger partial charge in [-0.1, -0.05) is 25.6 Å². The van der Waals surface area contributed by atoms with E-state index >= 15 is 0 Å². The lowest BCUT2D eigenvalue weighted by molar-refractivity contribution is 0.0283. The Morgan fingerprint density at radius 1 is 1.47 bits per heavy atom. The topological polar surface area (TPSA) is 33.6 Å². The summed E-state index contributed by atoms with van der Waals surface area (Å²) in [6.45, 7) is 7.33. The molecule has 3 nitrogen and oxygen atoms in total. The van der Waals surface area contributed by atoms with Crippen LogP contribution >= 0.6 is 11.8 Å². The Hall–Kier alpha value is -0.220. The summed E-state index contributed by atoms with van der Waals surface area (Å²) in [7, 11) is 0. The number of amidine groups is 1. The number of hydrogen-bond donors (Lipinski definition) is 1. The first-order valence-corrected chi connectivity index (χ1v) is 7.72. The fourth-order valence-electron chi connectivity index (χ4n) is 2.27. The average molecular weight is 256 g/mol. The maximum absolute atomic E-state index is 5.42. The van der Waals surface area contributed by atoms with Crippen LogP contribution in [0.1, 0.15) is 39.5 Å². The zero-order chi connectivity index (χ0) is 12.1. The molecule has 0 aromatic rings. The highest BCUT2D eigenvalue weighted by atomic mass is 32.2. The van der Waals surface area contributed by atoms with Crippen molar-refractivity contribution in [1.29, 1.82) is 0 Å². The second kappa shape index (κ2) is 6.10. The highest BCUT2D eigenvalue weighted by molar-refractivity contribution is 8.13. The van der Waals surface area contributed by atoms with Gasteiger partial charge in [0, 0.05) is 31.6 Å². The molecule has 0 saturated carbocycles. The Labute approximate surface area is 109 Å². The third kappa shape index (κ3) is 3.88. The van der Waals surface area contributed by atoms with Gasteiger partial charge in [0.1, 0.15) is 0 Å². The molecule has 0 aromatic carbocycles. The standard InChI is InChI=1S/C13H24N2OS/c1-3-11-4-9-17-12(15-11)14-10-13(2)5-7-16-8-6-13/h11H,3-10H2,1-2H3,(H,14,15). The van der Waals surface area contributed by atoms with Gasteiger partial charge in [-0.2, -0.15) is 0 Å². The van der Waals surface area contributed by atoms with Crippen LogP contribution in [0.5, 0.6) is 0 Å². The highest BCUT2D eigenvalue weighted by Gasteiger charge is 2.27. The molecule has 2 aliphatic rings. The van der Waals surface area contributed by atoms with Gasteiger partial charge in [-0.05, 0) is 31.1 Å². The van der Waals surface area contributed by atoms with Crippen LogP contribution in [0.15, 0.2) is 4.99 Å². The van der Waals surface area contributed by atoms with Crippen LogP contribution in [0.25, 0.3) is 0 Å². The first kappa shape index (κ1) is 13.2. The van der Waals surface area contributed by atoms with Crippen molar-refractivity contribution in [3.8, 4) is 0 Å². The predicted molar refractivity (Wildman–Crippen MR) is 74.8 cm³/mol. The minimum Gasteiger partial charge on any atom is -0.381 e. The van der Waals surface area contributed by atoms with E-state index < -0.39 is 0 Å². The molecule has 2 fully saturated rings. The summed E-state index contributed by atoms with van der Waals surface area (Å²) >= 11 is 1.88. The van der Waals surface area contributed by atoms with Crippen molar-refractivity contribution >= 4 is 16.9 Å². The molecule has 2 aliphatic heterocycles. The lowest BCUT2D eigenvalue weighted by Gasteiger charge is -2.32. The predicted octanol–water partition coefficient (Wildman–Crippen LogP) is 2.66. The van der Waals surface area contributed by atoms with Crippen molar-refractivity contribution in [2.45, 2.75) is 45.6 Å². The Morgan fingerprint density at radius 3 is 2.94 bits per heavy atom. The van der Waals surface area contributed by atoms with Crippen LogP contribution in [0.4, 0.5) is 0 Å². The molecule has 2 rings (SSSR count). The number of hydrogen-bond acceptors (Lipinski definition) is 3. The van der Waals surface area contributed by atoms with Gasteiger partial charge in [-0.3, -0.25) is 4.99 Å². The Kier molecular flexibility index (Phi) is 4.74. The third-order valence-electron chi connectivity index (χ3n) is 3.83. The van der Waals surface area contributed by atoms with Crippen LogP contribution in [-0.4, -0.2) is 36.7 Å². The van der Waals surface area contributed by atoms with Gasteiger partial charge in [0.15, 0.2) is 5.17 Å². The van der Waals surface area contributed by atoms with Crippen LogP contribution in [0, 0.1) is 5.41 Å². The second-order valence-corrected chi connectivity index (χ2v) is 6.51. The summed E-state index contributed by atoms with van der Waals surface area (Å²) in [6.07, 6.45) is 4.76. The van der Waals surface area contributed by atoms with Crippen molar-refractivity contribution in [3.05, 3.63) is 0 Å². The molecule has 2 heterocycles. The summed E-state index contributed by atoms with van der Waals surface area (Å²) < 4.78 is 5.42. The number of nitrogens with zero attached hydrogens (tertiary/aromatic N) is 1. The third-order valence-corrected chi connectivity index (χ3v) is 4.79. The molecule has 4 heteroatoms. The van der Waals surface area contributed by atoms with Gasteiger partial charge < -0.3 is 10.1 Å². The minimum atomic E-state index is 0.354. The van der Waals surface area contributed by atoms with Gasteiger partial charge in [0.25, 0.3) is 0 Å². The maximum atomic E-state index is 5.42. The van der Waals surface area contributed by atoms with Gasteiger partial charge in [-0.25, -0.2) is 0 Å². The van der Waals surface area contributed by atoms with Crippen molar-refractivity contribution in [1.82, 2.24) is 5.32 Å². The smallest absolute Gasteiger partial charge is 0.156 e. The van der Waals surface area contributed by atoms with E-state index in [0.29, 0.717) is 11.5 Å². The molecule has 1 atom stereocenters. The summed E-state index contributed by atoms with van der Waals surface area (Å²) in [5, 5.41) is 4.70. The van der Waals surface area contributed by atoms with E-state index in [0.717, 1.165) is 37.8 Å². The summed E-state index contributed by atoms with van der Waals surface area (Å²) in [6, 6.07) is 0.637. The Bertz CT molecular complexity index is 275. The summed E-state index contributed by atoms with van der Waals surface area (Å²) in [5.41, 5.74) is 0.354. The fourth-order valence-corrected chi connectivity index (χ4v) is 3.27. The number of aliphatic imine (C=N–C) groups is 1. The van der Waals surface area contributed by atoms with E-state index in [1.165, 1.54) is 18.6 Å². The van der Waals surface area contributed by atoms with Gasteiger partial charge in [0.2, 0.25) is 0 Å². The molecule has 0 radical (unpaired) electrons. The van der Waals surface area contributed by atoms with E-state index in [2.05, 4.69) is 19.2 Å². The van der Waals surface area contributed by atoms with Crippen molar-refractivity contribution in [2.24, 2.45) is 10.4 Å². The minimum absolute atomic E-state index is 0.354.